The van der Waals surface area contributed by atoms with Gasteiger partial charge in [0.25, 0.3) is 9.05 Å². The highest BCUT2D eigenvalue weighted by atomic mass is 35.7. The van der Waals surface area contributed by atoms with Crippen molar-refractivity contribution in [1.29, 1.82) is 5.26 Å². The summed E-state index contributed by atoms with van der Waals surface area (Å²) in [6, 6.07) is 4.26. The lowest BCUT2D eigenvalue weighted by molar-refractivity contribution is 0.112. The molecule has 0 saturated carbocycles. The molecule has 1 rings (SSSR count). The van der Waals surface area contributed by atoms with Crippen LogP contribution in [0.1, 0.15) is 21.5 Å². The molecular weight excluding hydrogens is 238 g/mol. The Morgan fingerprint density at radius 1 is 1.47 bits per heavy atom. The molecule has 4 nitrogen and oxygen atoms in total. The van der Waals surface area contributed by atoms with Crippen LogP contribution in [-0.4, -0.2) is 14.7 Å². The normalized spacial score (nSPS) is 10.7. The van der Waals surface area contributed by atoms with Crippen LogP contribution in [0, 0.1) is 18.3 Å². The molecule has 0 aliphatic carbocycles. The van der Waals surface area contributed by atoms with Gasteiger partial charge in [-0.05, 0) is 24.6 Å². The highest BCUT2D eigenvalue weighted by Gasteiger charge is 2.17. The van der Waals surface area contributed by atoms with Crippen molar-refractivity contribution >= 4 is 26.0 Å². The second-order valence-corrected chi connectivity index (χ2v) is 5.39. The van der Waals surface area contributed by atoms with Gasteiger partial charge in [-0.25, -0.2) is 8.42 Å². The first kappa shape index (κ1) is 11.7. The first-order valence-electron chi connectivity index (χ1n) is 3.84. The van der Waals surface area contributed by atoms with Gasteiger partial charge in [0.2, 0.25) is 0 Å². The molecule has 0 aliphatic rings. The van der Waals surface area contributed by atoms with Crippen molar-refractivity contribution in [3.63, 3.8) is 0 Å². The molecule has 1 aromatic rings. The second-order valence-electron chi connectivity index (χ2n) is 2.86. The van der Waals surface area contributed by atoms with Crippen LogP contribution in [0.25, 0.3) is 0 Å². The molecule has 0 saturated heterocycles. The van der Waals surface area contributed by atoms with E-state index < -0.39 is 9.05 Å². The lowest BCUT2D eigenvalue weighted by atomic mass is 10.1. The number of hydrogen-bond donors (Lipinski definition) is 0. The van der Waals surface area contributed by atoms with E-state index in [0.29, 0.717) is 6.29 Å². The number of carbonyl (C=O) groups excluding carboxylic acids is 1. The molecule has 0 N–H and O–H groups in total. The van der Waals surface area contributed by atoms with E-state index in [4.69, 9.17) is 15.9 Å². The quantitative estimate of drug-likeness (QED) is 0.584. The standard InChI is InChI=1S/C9H6ClNO3S/c1-6-8(4-11)2-7(5-12)3-9(6)15(10,13)14/h2-3,5H,1H3. The van der Waals surface area contributed by atoms with Crippen LogP contribution in [0.2, 0.25) is 0 Å². The monoisotopic (exact) mass is 243 g/mol. The van der Waals surface area contributed by atoms with Crippen molar-refractivity contribution in [2.24, 2.45) is 0 Å². The van der Waals surface area contributed by atoms with Gasteiger partial charge in [-0.2, -0.15) is 5.26 Å². The van der Waals surface area contributed by atoms with Gasteiger partial charge in [0.1, 0.15) is 6.29 Å². The van der Waals surface area contributed by atoms with E-state index in [2.05, 4.69) is 0 Å². The molecule has 0 unspecified atom stereocenters. The van der Waals surface area contributed by atoms with E-state index in [-0.39, 0.29) is 21.6 Å². The minimum Gasteiger partial charge on any atom is -0.298 e. The Morgan fingerprint density at radius 2 is 2.07 bits per heavy atom. The molecule has 0 fully saturated rings. The van der Waals surface area contributed by atoms with Gasteiger partial charge >= 0.3 is 0 Å². The van der Waals surface area contributed by atoms with Crippen LogP contribution in [0.3, 0.4) is 0 Å². The maximum Gasteiger partial charge on any atom is 0.261 e. The van der Waals surface area contributed by atoms with Gasteiger partial charge in [0.15, 0.2) is 0 Å². The van der Waals surface area contributed by atoms with Gasteiger partial charge < -0.3 is 0 Å². The SMILES string of the molecule is Cc1c(C#N)cc(C=O)cc1S(=O)(=O)Cl. The molecule has 0 atom stereocenters. The summed E-state index contributed by atoms with van der Waals surface area (Å²) in [5.41, 5.74) is 0.480. The molecule has 0 aromatic heterocycles. The number of nitriles is 1. The number of halogens is 1. The van der Waals surface area contributed by atoms with E-state index >= 15 is 0 Å². The maximum absolute atomic E-state index is 11.1. The van der Waals surface area contributed by atoms with E-state index in [1.165, 1.54) is 13.0 Å². The number of carbonyl (C=O) groups is 1. The fraction of sp³-hybridized carbons (Fsp3) is 0.111. The van der Waals surface area contributed by atoms with Crippen LogP contribution in [0.4, 0.5) is 0 Å². The third-order valence-corrected chi connectivity index (χ3v) is 3.35. The smallest absolute Gasteiger partial charge is 0.261 e. The molecule has 0 bridgehead atoms. The zero-order valence-corrected chi connectivity index (χ0v) is 9.26. The molecule has 15 heavy (non-hydrogen) atoms. The van der Waals surface area contributed by atoms with Crippen LogP contribution < -0.4 is 0 Å². The van der Waals surface area contributed by atoms with Crippen LogP contribution in [-0.2, 0) is 9.05 Å². The zero-order chi connectivity index (χ0) is 11.6. The van der Waals surface area contributed by atoms with Gasteiger partial charge in [0.05, 0.1) is 16.5 Å². The number of nitrogens with zero attached hydrogens (tertiary/aromatic N) is 1. The third-order valence-electron chi connectivity index (χ3n) is 1.90. The summed E-state index contributed by atoms with van der Waals surface area (Å²) in [5, 5.41) is 8.72. The molecule has 0 aliphatic heterocycles. The van der Waals surface area contributed by atoms with E-state index in [1.807, 2.05) is 0 Å². The third kappa shape index (κ3) is 2.35. The average Bonchev–Trinajstić information content (AvgIpc) is 2.16. The van der Waals surface area contributed by atoms with Gasteiger partial charge in [-0.15, -0.1) is 0 Å². The first-order chi connectivity index (χ1) is 6.90. The van der Waals surface area contributed by atoms with Crippen molar-refractivity contribution < 1.29 is 13.2 Å². The molecule has 0 heterocycles. The zero-order valence-electron chi connectivity index (χ0n) is 7.69. The lowest BCUT2D eigenvalue weighted by Crippen LogP contribution is -1.99. The van der Waals surface area contributed by atoms with E-state index in [0.717, 1.165) is 6.07 Å². The summed E-state index contributed by atoms with van der Waals surface area (Å²) in [4.78, 5) is 10.3. The van der Waals surface area contributed by atoms with E-state index in [1.54, 1.807) is 6.07 Å². The maximum atomic E-state index is 11.1. The largest absolute Gasteiger partial charge is 0.298 e. The Hall–Kier alpha value is -1.38. The fourth-order valence-corrected chi connectivity index (χ4v) is 2.38. The second kappa shape index (κ2) is 4.01. The average molecular weight is 244 g/mol. The van der Waals surface area contributed by atoms with Crippen LogP contribution >= 0.6 is 10.7 Å². The van der Waals surface area contributed by atoms with Crippen molar-refractivity contribution in [1.82, 2.24) is 0 Å². The number of rotatable bonds is 2. The summed E-state index contributed by atoms with van der Waals surface area (Å²) in [5.74, 6) is 0. The van der Waals surface area contributed by atoms with E-state index in [9.17, 15) is 13.2 Å². The molecule has 0 spiro atoms. The summed E-state index contributed by atoms with van der Waals surface area (Å²) in [6.07, 6.45) is 0.464. The Balaban J connectivity index is 3.68. The van der Waals surface area contributed by atoms with Crippen LogP contribution in [0.15, 0.2) is 17.0 Å². The predicted octanol–water partition coefficient (Wildman–Crippen LogP) is 1.61. The van der Waals surface area contributed by atoms with Gasteiger partial charge in [-0.1, -0.05) is 0 Å². The Kier molecular flexibility index (Phi) is 3.12. The first-order valence-corrected chi connectivity index (χ1v) is 6.15. The Bertz CT molecular complexity index is 557. The highest BCUT2D eigenvalue weighted by Crippen LogP contribution is 2.23. The summed E-state index contributed by atoms with van der Waals surface area (Å²) < 4.78 is 22.3. The van der Waals surface area contributed by atoms with Gasteiger partial charge in [-0.3, -0.25) is 4.79 Å². The number of aldehydes is 1. The van der Waals surface area contributed by atoms with Crippen molar-refractivity contribution in [3.8, 4) is 6.07 Å². The van der Waals surface area contributed by atoms with Crippen molar-refractivity contribution in [3.05, 3.63) is 28.8 Å². The van der Waals surface area contributed by atoms with Gasteiger partial charge in [0, 0.05) is 16.2 Å². The highest BCUT2D eigenvalue weighted by molar-refractivity contribution is 8.13. The van der Waals surface area contributed by atoms with Crippen LogP contribution in [0.5, 0.6) is 0 Å². The summed E-state index contributed by atoms with van der Waals surface area (Å²) in [6.45, 7) is 1.46. The van der Waals surface area contributed by atoms with Crippen molar-refractivity contribution in [2.45, 2.75) is 11.8 Å². The minimum absolute atomic E-state index is 0.108. The lowest BCUT2D eigenvalue weighted by Gasteiger charge is -2.04. The molecule has 0 radical (unpaired) electrons. The summed E-state index contributed by atoms with van der Waals surface area (Å²) >= 11 is 0. The molecular formula is C9H6ClNO3S. The molecule has 6 heteroatoms. The molecule has 0 amide bonds. The molecule has 78 valence electrons. The topological polar surface area (TPSA) is 75.0 Å². The molecule has 1 aromatic carbocycles. The number of hydrogen-bond acceptors (Lipinski definition) is 4. The predicted molar refractivity (Wildman–Crippen MR) is 54.3 cm³/mol. The summed E-state index contributed by atoms with van der Waals surface area (Å²) in [7, 11) is 1.23. The Labute approximate surface area is 91.5 Å². The van der Waals surface area contributed by atoms with Crippen molar-refractivity contribution in [2.75, 3.05) is 0 Å². The fourth-order valence-electron chi connectivity index (χ4n) is 1.15. The number of benzene rings is 1. The Morgan fingerprint density at radius 3 is 2.47 bits per heavy atom. The minimum atomic E-state index is -3.94.